The highest BCUT2D eigenvalue weighted by Gasteiger charge is 2.23. The zero-order chi connectivity index (χ0) is 19.6. The number of carbonyl (C=O) groups is 1. The average molecular weight is 380 g/mol. The minimum atomic E-state index is -1.70. The molecule has 28 heavy (non-hydrogen) atoms. The maximum atomic E-state index is 14.6. The summed E-state index contributed by atoms with van der Waals surface area (Å²) in [7, 11) is 0. The number of hydrogen-bond acceptors (Lipinski definition) is 3. The first-order valence-electron chi connectivity index (χ1n) is 9.35. The fourth-order valence-corrected chi connectivity index (χ4v) is 2.99. The molecule has 0 fully saturated rings. The van der Waals surface area contributed by atoms with Crippen molar-refractivity contribution in [3.63, 3.8) is 0 Å². The van der Waals surface area contributed by atoms with Gasteiger partial charge in [0.05, 0.1) is 0 Å². The van der Waals surface area contributed by atoms with Crippen LogP contribution in [0, 0.1) is 0 Å². The quantitative estimate of drug-likeness (QED) is 0.396. The van der Waals surface area contributed by atoms with Gasteiger partial charge >= 0.3 is 5.97 Å². The van der Waals surface area contributed by atoms with Gasteiger partial charge in [-0.05, 0) is 16.7 Å². The molecular weight excluding hydrogens is 356 g/mol. The van der Waals surface area contributed by atoms with E-state index in [1.807, 2.05) is 95.9 Å². The Labute approximate surface area is 165 Å². The summed E-state index contributed by atoms with van der Waals surface area (Å²) in [5, 5.41) is 0. The third kappa shape index (κ3) is 6.32. The van der Waals surface area contributed by atoms with E-state index in [0.29, 0.717) is 13.1 Å². The van der Waals surface area contributed by atoms with Crippen LogP contribution in [0.3, 0.4) is 0 Å². The number of carbonyl (C=O) groups excluding carboxylic acids is 1. The van der Waals surface area contributed by atoms with Gasteiger partial charge in [0.2, 0.25) is 6.17 Å². The maximum absolute atomic E-state index is 14.6. The van der Waals surface area contributed by atoms with Gasteiger partial charge in [0, 0.05) is 19.6 Å². The number of rotatable bonds is 9. The van der Waals surface area contributed by atoms with E-state index in [9.17, 15) is 9.18 Å². The Balaban J connectivity index is 1.61. The second-order valence-electron chi connectivity index (χ2n) is 6.70. The lowest BCUT2D eigenvalue weighted by Gasteiger charge is -2.24. The van der Waals surface area contributed by atoms with Crippen LogP contribution in [-0.2, 0) is 29.2 Å². The van der Waals surface area contributed by atoms with Crippen LogP contribution >= 0.6 is 0 Å². The van der Waals surface area contributed by atoms with Gasteiger partial charge in [-0.25, -0.2) is 9.18 Å². The number of ether oxygens (including phenoxy) is 1. The molecule has 0 aromatic heterocycles. The number of nitrogens with zero attached hydrogens (tertiary/aromatic N) is 1. The van der Waals surface area contributed by atoms with Crippen LogP contribution in [0.5, 0.6) is 0 Å². The molecule has 0 aliphatic heterocycles. The second-order valence-corrected chi connectivity index (χ2v) is 6.70. The van der Waals surface area contributed by atoms with E-state index in [-0.39, 0.29) is 13.2 Å². The molecule has 0 unspecified atom stereocenters. The predicted molar refractivity (Wildman–Crippen MR) is 108 cm³/mol. The molecule has 3 aromatic rings. The van der Waals surface area contributed by atoms with Crippen LogP contribution < -0.4 is 0 Å². The SMILES string of the molecule is O=[13C](OCc1ccccc1)[13C@H](F)[13CH2]N(Cc1ccccc1)Cc1ccccc1. The van der Waals surface area contributed by atoms with E-state index in [0.717, 1.165) is 16.7 Å². The topological polar surface area (TPSA) is 29.5 Å². The predicted octanol–water partition coefficient (Wildman–Crippen LogP) is 4.77. The molecule has 0 bridgehead atoms. The standard InChI is InChI=1S/C24H24FNO2/c25-23(24(27)28-19-22-14-8-3-9-15-22)18-26(16-20-10-4-1-5-11-20)17-21-12-6-2-7-13-21/h1-15,23H,16-19H2/t23-/m1/s1/i18+1,23+1,24+1. The Morgan fingerprint density at radius 3 is 1.64 bits per heavy atom. The lowest BCUT2D eigenvalue weighted by atomic mass is 10.2. The molecule has 0 saturated heterocycles. The average Bonchev–Trinajstić information content (AvgIpc) is 2.74. The number of hydrogen-bond donors (Lipinski definition) is 0. The Bertz CT molecular complexity index is 799. The molecule has 0 spiro atoms. The third-order valence-corrected chi connectivity index (χ3v) is 4.40. The summed E-state index contributed by atoms with van der Waals surface area (Å²) >= 11 is 0. The van der Waals surface area contributed by atoms with E-state index in [1.165, 1.54) is 0 Å². The van der Waals surface area contributed by atoms with E-state index < -0.39 is 12.1 Å². The Morgan fingerprint density at radius 2 is 1.18 bits per heavy atom. The highest BCUT2D eigenvalue weighted by molar-refractivity contribution is 5.74. The molecule has 3 aromatic carbocycles. The van der Waals surface area contributed by atoms with Crippen LogP contribution in [0.15, 0.2) is 91.0 Å². The van der Waals surface area contributed by atoms with Crippen molar-refractivity contribution in [3.05, 3.63) is 108 Å². The van der Waals surface area contributed by atoms with Gasteiger partial charge in [-0.2, -0.15) is 0 Å². The van der Waals surface area contributed by atoms with Gasteiger partial charge in [0.1, 0.15) is 6.61 Å². The fourth-order valence-electron chi connectivity index (χ4n) is 2.99. The van der Waals surface area contributed by atoms with Crippen molar-refractivity contribution in [2.75, 3.05) is 6.54 Å². The number of halogens is 1. The summed E-state index contributed by atoms with van der Waals surface area (Å²) < 4.78 is 19.8. The molecular formula is C24H24FNO2. The van der Waals surface area contributed by atoms with Gasteiger partial charge < -0.3 is 4.74 Å². The highest BCUT2D eigenvalue weighted by Crippen LogP contribution is 2.13. The van der Waals surface area contributed by atoms with Gasteiger partial charge in [0.15, 0.2) is 0 Å². The molecule has 1 atom stereocenters. The first-order valence-corrected chi connectivity index (χ1v) is 9.35. The van der Waals surface area contributed by atoms with E-state index in [1.54, 1.807) is 0 Å². The molecule has 144 valence electrons. The molecule has 3 rings (SSSR count). The largest absolute Gasteiger partial charge is 0.459 e. The molecule has 0 radical (unpaired) electrons. The van der Waals surface area contributed by atoms with Crippen molar-refractivity contribution in [1.29, 1.82) is 0 Å². The summed E-state index contributed by atoms with van der Waals surface area (Å²) in [4.78, 5) is 14.1. The third-order valence-electron chi connectivity index (χ3n) is 4.40. The van der Waals surface area contributed by atoms with Crippen LogP contribution in [0.1, 0.15) is 16.7 Å². The molecule has 4 heteroatoms. The molecule has 0 aliphatic carbocycles. The van der Waals surface area contributed by atoms with Crippen molar-refractivity contribution in [1.82, 2.24) is 4.90 Å². The van der Waals surface area contributed by atoms with Crippen LogP contribution in [-0.4, -0.2) is 23.6 Å². The zero-order valence-electron chi connectivity index (χ0n) is 15.7. The molecule has 0 aliphatic rings. The number of benzene rings is 3. The van der Waals surface area contributed by atoms with Crippen molar-refractivity contribution < 1.29 is 13.9 Å². The molecule has 0 heterocycles. The van der Waals surface area contributed by atoms with Crippen LogP contribution in [0.25, 0.3) is 0 Å². The van der Waals surface area contributed by atoms with Gasteiger partial charge in [-0.3, -0.25) is 4.90 Å². The normalized spacial score (nSPS) is 11.9. The first kappa shape index (κ1) is 19.8. The smallest absolute Gasteiger partial charge is 0.342 e. The van der Waals surface area contributed by atoms with E-state index >= 15 is 0 Å². The van der Waals surface area contributed by atoms with Crippen LogP contribution in [0.4, 0.5) is 4.39 Å². The fraction of sp³-hybridized carbons (Fsp3) is 0.208. The number of esters is 1. The van der Waals surface area contributed by atoms with Crippen LogP contribution in [0.2, 0.25) is 0 Å². The first-order chi connectivity index (χ1) is 13.7. The summed E-state index contributed by atoms with van der Waals surface area (Å²) in [5.74, 6) is -0.824. The Morgan fingerprint density at radius 1 is 0.750 bits per heavy atom. The highest BCUT2D eigenvalue weighted by atomic mass is 19.2. The van der Waals surface area contributed by atoms with E-state index in [2.05, 4.69) is 0 Å². The van der Waals surface area contributed by atoms with Crippen molar-refractivity contribution in [2.45, 2.75) is 25.9 Å². The van der Waals surface area contributed by atoms with Gasteiger partial charge in [0.25, 0.3) is 0 Å². The summed E-state index contributed by atoms with van der Waals surface area (Å²) in [6.07, 6.45) is -1.70. The second kappa shape index (κ2) is 10.4. The van der Waals surface area contributed by atoms with Crippen molar-refractivity contribution in [2.24, 2.45) is 0 Å². The van der Waals surface area contributed by atoms with Crippen molar-refractivity contribution in [3.8, 4) is 0 Å². The molecule has 0 amide bonds. The minimum absolute atomic E-state index is 0.0165. The number of alkyl halides is 1. The summed E-state index contributed by atoms with van der Waals surface area (Å²) in [6.45, 7) is 1.18. The Hall–Kier alpha value is -2.98. The maximum Gasteiger partial charge on any atom is 0.342 e. The summed E-state index contributed by atoms with van der Waals surface area (Å²) in [5.41, 5.74) is 2.99. The van der Waals surface area contributed by atoms with Gasteiger partial charge in [-0.15, -0.1) is 0 Å². The zero-order valence-corrected chi connectivity index (χ0v) is 15.7. The lowest BCUT2D eigenvalue weighted by molar-refractivity contribution is -0.151. The lowest BCUT2D eigenvalue weighted by Crippen LogP contribution is -2.34. The summed E-state index contributed by atoms with van der Waals surface area (Å²) in [6, 6.07) is 29.0. The molecule has 0 N–H and O–H groups in total. The monoisotopic (exact) mass is 380 g/mol. The van der Waals surface area contributed by atoms with E-state index in [4.69, 9.17) is 4.74 Å². The molecule has 0 saturated carbocycles. The minimum Gasteiger partial charge on any atom is -0.459 e. The Kier molecular flexibility index (Phi) is 7.33. The molecule has 3 nitrogen and oxygen atoms in total. The van der Waals surface area contributed by atoms with Crippen molar-refractivity contribution >= 4 is 5.97 Å². The van der Waals surface area contributed by atoms with Gasteiger partial charge in [-0.1, -0.05) is 91.0 Å².